The highest BCUT2D eigenvalue weighted by atomic mass is 32.1. The van der Waals surface area contributed by atoms with E-state index in [0.29, 0.717) is 42.0 Å². The van der Waals surface area contributed by atoms with Crippen molar-refractivity contribution in [2.45, 2.75) is 6.42 Å². The Kier molecular flexibility index (Phi) is 5.71. The molecule has 1 aromatic heterocycles. The van der Waals surface area contributed by atoms with Gasteiger partial charge in [0, 0.05) is 12.5 Å². The van der Waals surface area contributed by atoms with E-state index in [1.807, 2.05) is 36.4 Å². The van der Waals surface area contributed by atoms with Gasteiger partial charge in [0.25, 0.3) is 0 Å². The lowest BCUT2D eigenvalue weighted by atomic mass is 10.1. The number of benzene rings is 2. The number of anilines is 1. The van der Waals surface area contributed by atoms with Gasteiger partial charge < -0.3 is 14.2 Å². The van der Waals surface area contributed by atoms with Crippen molar-refractivity contribution in [3.63, 3.8) is 0 Å². The molecule has 1 N–H and O–H groups in total. The van der Waals surface area contributed by atoms with Gasteiger partial charge in [0.15, 0.2) is 11.5 Å². The first kappa shape index (κ1) is 18.9. The van der Waals surface area contributed by atoms with Gasteiger partial charge in [-0.1, -0.05) is 41.7 Å². The van der Waals surface area contributed by atoms with Gasteiger partial charge in [0.05, 0.1) is 7.11 Å². The molecule has 29 heavy (non-hydrogen) atoms. The van der Waals surface area contributed by atoms with E-state index < -0.39 is 0 Å². The van der Waals surface area contributed by atoms with Crippen molar-refractivity contribution in [3.8, 4) is 17.2 Å². The molecule has 0 saturated heterocycles. The fourth-order valence-corrected chi connectivity index (χ4v) is 3.63. The molecular formula is C21H19N3O4S. The lowest BCUT2D eigenvalue weighted by Gasteiger charge is -2.20. The topological polar surface area (TPSA) is 82.6 Å². The van der Waals surface area contributed by atoms with Crippen LogP contribution in [0.15, 0.2) is 48.5 Å². The maximum Gasteiger partial charge on any atom is 0.250 e. The van der Waals surface area contributed by atoms with Crippen LogP contribution in [0, 0.1) is 0 Å². The molecule has 0 atom stereocenters. The fourth-order valence-electron chi connectivity index (χ4n) is 2.85. The molecule has 4 rings (SSSR count). The van der Waals surface area contributed by atoms with Crippen molar-refractivity contribution >= 4 is 28.5 Å². The summed E-state index contributed by atoms with van der Waals surface area (Å²) in [6.45, 7) is 0.960. The molecule has 0 radical (unpaired) electrons. The van der Waals surface area contributed by atoms with E-state index in [1.165, 1.54) is 17.4 Å². The number of nitrogens with zero attached hydrogens (tertiary/aromatic N) is 2. The summed E-state index contributed by atoms with van der Waals surface area (Å²) in [5.41, 5.74) is 1.91. The molecule has 0 bridgehead atoms. The summed E-state index contributed by atoms with van der Waals surface area (Å²) in [4.78, 5) is 12.3. The minimum atomic E-state index is -0.290. The van der Waals surface area contributed by atoms with Crippen molar-refractivity contribution in [3.05, 3.63) is 64.7 Å². The monoisotopic (exact) mass is 409 g/mol. The smallest absolute Gasteiger partial charge is 0.250 e. The van der Waals surface area contributed by atoms with Crippen LogP contribution in [0.3, 0.4) is 0 Å². The fraction of sp³-hybridized carbons (Fsp3) is 0.190. The molecule has 2 aromatic carbocycles. The first-order chi connectivity index (χ1) is 14.2. The number of amides is 1. The summed E-state index contributed by atoms with van der Waals surface area (Å²) in [6, 6.07) is 13.6. The molecule has 8 heteroatoms. The van der Waals surface area contributed by atoms with E-state index in [0.717, 1.165) is 16.1 Å². The predicted molar refractivity (Wildman–Crippen MR) is 111 cm³/mol. The average molecular weight is 409 g/mol. The van der Waals surface area contributed by atoms with Crippen molar-refractivity contribution in [1.29, 1.82) is 0 Å². The van der Waals surface area contributed by atoms with Crippen LogP contribution in [0.4, 0.5) is 5.13 Å². The van der Waals surface area contributed by atoms with E-state index in [2.05, 4.69) is 15.5 Å². The van der Waals surface area contributed by atoms with Crippen LogP contribution in [-0.2, 0) is 11.2 Å². The third-order valence-corrected chi connectivity index (χ3v) is 5.01. The van der Waals surface area contributed by atoms with Gasteiger partial charge in [0.2, 0.25) is 16.8 Å². The van der Waals surface area contributed by atoms with E-state index >= 15 is 0 Å². The second-order valence-electron chi connectivity index (χ2n) is 6.23. The number of nitrogens with one attached hydrogen (secondary N) is 1. The number of aromatic nitrogens is 2. The Hall–Kier alpha value is -3.39. The Bertz CT molecular complexity index is 1020. The lowest BCUT2D eigenvalue weighted by molar-refractivity contribution is -0.111. The molecule has 7 nitrogen and oxygen atoms in total. The van der Waals surface area contributed by atoms with E-state index in [9.17, 15) is 4.79 Å². The molecule has 1 amide bonds. The quantitative estimate of drug-likeness (QED) is 0.627. The van der Waals surface area contributed by atoms with E-state index in [1.54, 1.807) is 19.3 Å². The third kappa shape index (κ3) is 4.72. The third-order valence-electron chi connectivity index (χ3n) is 4.17. The number of carbonyl (C=O) groups is 1. The average Bonchev–Trinajstić information content (AvgIpc) is 3.18. The largest absolute Gasteiger partial charge is 0.493 e. The minimum Gasteiger partial charge on any atom is -0.493 e. The molecule has 1 aliphatic heterocycles. The molecule has 2 heterocycles. The predicted octanol–water partition coefficient (Wildman–Crippen LogP) is 3.56. The van der Waals surface area contributed by atoms with Gasteiger partial charge in [-0.15, -0.1) is 10.2 Å². The number of rotatable bonds is 6. The van der Waals surface area contributed by atoms with Crippen molar-refractivity contribution in [2.75, 3.05) is 25.6 Å². The van der Waals surface area contributed by atoms with Crippen molar-refractivity contribution < 1.29 is 19.0 Å². The molecule has 0 aliphatic carbocycles. The van der Waals surface area contributed by atoms with Crippen LogP contribution in [0.1, 0.15) is 16.1 Å². The first-order valence-electron chi connectivity index (χ1n) is 9.04. The maximum absolute atomic E-state index is 12.3. The Balaban J connectivity index is 1.40. The van der Waals surface area contributed by atoms with E-state index in [4.69, 9.17) is 14.2 Å². The zero-order valence-corrected chi connectivity index (χ0v) is 16.6. The van der Waals surface area contributed by atoms with Crippen LogP contribution in [0.25, 0.3) is 6.08 Å². The zero-order valence-electron chi connectivity index (χ0n) is 15.8. The zero-order chi connectivity index (χ0) is 20.1. The summed E-state index contributed by atoms with van der Waals surface area (Å²) in [6.07, 6.45) is 3.80. The Morgan fingerprint density at radius 2 is 2.03 bits per heavy atom. The van der Waals surface area contributed by atoms with Crippen LogP contribution in [-0.4, -0.2) is 36.4 Å². The van der Waals surface area contributed by atoms with Crippen molar-refractivity contribution in [1.82, 2.24) is 10.2 Å². The molecule has 0 unspecified atom stereocenters. The standard InChI is InChI=1S/C21H19N3O4S/c1-26-16-11-15(12-17-20(16)28-10-9-27-17)7-8-18(25)22-21-24-23-19(29-21)13-14-5-3-2-4-6-14/h2-8,11-12H,9-10,13H2,1H3,(H,22,24,25). The van der Waals surface area contributed by atoms with E-state index in [-0.39, 0.29) is 5.91 Å². The summed E-state index contributed by atoms with van der Waals surface area (Å²) >= 11 is 1.36. The number of hydrogen-bond acceptors (Lipinski definition) is 7. The first-order valence-corrected chi connectivity index (χ1v) is 9.86. The normalized spacial score (nSPS) is 12.7. The summed E-state index contributed by atoms with van der Waals surface area (Å²) in [5, 5.41) is 12.2. The summed E-state index contributed by atoms with van der Waals surface area (Å²) in [7, 11) is 1.57. The number of ether oxygens (including phenoxy) is 3. The highest BCUT2D eigenvalue weighted by Gasteiger charge is 2.17. The molecule has 148 valence electrons. The molecule has 0 fully saturated rings. The Labute approximate surface area is 172 Å². The summed E-state index contributed by atoms with van der Waals surface area (Å²) < 4.78 is 16.5. The van der Waals surface area contributed by atoms with Gasteiger partial charge in [-0.25, -0.2) is 0 Å². The van der Waals surface area contributed by atoms with Crippen LogP contribution < -0.4 is 19.5 Å². The van der Waals surface area contributed by atoms with Gasteiger partial charge in [-0.05, 0) is 29.3 Å². The number of fused-ring (bicyclic) bond motifs is 1. The van der Waals surface area contributed by atoms with Gasteiger partial charge in [0.1, 0.15) is 18.2 Å². The number of hydrogen-bond donors (Lipinski definition) is 1. The van der Waals surface area contributed by atoms with Crippen LogP contribution in [0.2, 0.25) is 0 Å². The highest BCUT2D eigenvalue weighted by Crippen LogP contribution is 2.40. The Morgan fingerprint density at radius 3 is 2.86 bits per heavy atom. The molecule has 0 spiro atoms. The minimum absolute atomic E-state index is 0.290. The molecule has 3 aromatic rings. The van der Waals surface area contributed by atoms with Crippen molar-refractivity contribution in [2.24, 2.45) is 0 Å². The van der Waals surface area contributed by atoms with Gasteiger partial charge in [-0.2, -0.15) is 0 Å². The maximum atomic E-state index is 12.3. The molecule has 0 saturated carbocycles. The molecular weight excluding hydrogens is 390 g/mol. The number of methoxy groups -OCH3 is 1. The molecule has 1 aliphatic rings. The lowest BCUT2D eigenvalue weighted by Crippen LogP contribution is -2.16. The van der Waals surface area contributed by atoms with Gasteiger partial charge >= 0.3 is 0 Å². The second-order valence-corrected chi connectivity index (χ2v) is 7.30. The highest BCUT2D eigenvalue weighted by molar-refractivity contribution is 7.15. The Morgan fingerprint density at radius 1 is 1.21 bits per heavy atom. The second kappa shape index (κ2) is 8.74. The van der Waals surface area contributed by atoms with Crippen LogP contribution >= 0.6 is 11.3 Å². The van der Waals surface area contributed by atoms with Gasteiger partial charge in [-0.3, -0.25) is 10.1 Å². The summed E-state index contributed by atoms with van der Waals surface area (Å²) in [5.74, 6) is 1.46. The SMILES string of the molecule is COc1cc(C=CC(=O)Nc2nnc(Cc3ccccc3)s2)cc2c1OCCO2. The van der Waals surface area contributed by atoms with Crippen LogP contribution in [0.5, 0.6) is 17.2 Å². The number of carbonyl (C=O) groups excluding carboxylic acids is 1.